The van der Waals surface area contributed by atoms with Crippen molar-refractivity contribution in [2.45, 2.75) is 52.7 Å². The molecular formula is C27H36ClN3O3. The van der Waals surface area contributed by atoms with E-state index < -0.39 is 5.41 Å². The summed E-state index contributed by atoms with van der Waals surface area (Å²) >= 11 is 6.32. The lowest BCUT2D eigenvalue weighted by Crippen LogP contribution is -2.62. The first-order chi connectivity index (χ1) is 16.2. The molecule has 1 aliphatic heterocycles. The highest BCUT2D eigenvalue weighted by Crippen LogP contribution is 2.36. The summed E-state index contributed by atoms with van der Waals surface area (Å²) in [5.41, 5.74) is 2.08. The fourth-order valence-electron chi connectivity index (χ4n) is 4.95. The van der Waals surface area contributed by atoms with Gasteiger partial charge >= 0.3 is 12.0 Å². The third kappa shape index (κ3) is 5.73. The number of urea groups is 1. The second kappa shape index (κ2) is 11.2. The number of nitrogens with one attached hydrogen (secondary N) is 1. The summed E-state index contributed by atoms with van der Waals surface area (Å²) in [5, 5.41) is 3.84. The first kappa shape index (κ1) is 26.0. The van der Waals surface area contributed by atoms with Crippen LogP contribution in [0.3, 0.4) is 0 Å². The van der Waals surface area contributed by atoms with Gasteiger partial charge in [-0.1, -0.05) is 54.1 Å². The van der Waals surface area contributed by atoms with Gasteiger partial charge in [0.25, 0.3) is 0 Å². The number of amides is 2. The van der Waals surface area contributed by atoms with Crippen LogP contribution in [0.15, 0.2) is 48.5 Å². The second-order valence-corrected chi connectivity index (χ2v) is 9.83. The van der Waals surface area contributed by atoms with Crippen LogP contribution in [0.1, 0.15) is 49.9 Å². The van der Waals surface area contributed by atoms with Crippen LogP contribution in [-0.4, -0.2) is 54.6 Å². The number of hydrogen-bond acceptors (Lipinski definition) is 4. The number of benzene rings is 2. The minimum atomic E-state index is -0.843. The zero-order valence-electron chi connectivity index (χ0n) is 20.8. The lowest BCUT2D eigenvalue weighted by molar-refractivity contribution is -0.162. The molecule has 3 rings (SSSR count). The third-order valence-electron chi connectivity index (χ3n) is 6.81. The van der Waals surface area contributed by atoms with Crippen molar-refractivity contribution in [3.63, 3.8) is 0 Å². The molecule has 1 fully saturated rings. The van der Waals surface area contributed by atoms with Gasteiger partial charge in [0.05, 0.1) is 24.1 Å². The smallest absolute Gasteiger partial charge is 0.318 e. The lowest BCUT2D eigenvalue weighted by Gasteiger charge is -2.48. The zero-order chi connectivity index (χ0) is 24.9. The van der Waals surface area contributed by atoms with Gasteiger partial charge in [-0.15, -0.1) is 0 Å². The maximum absolute atomic E-state index is 13.8. The van der Waals surface area contributed by atoms with Crippen molar-refractivity contribution >= 4 is 23.6 Å². The fraction of sp³-hybridized carbons (Fsp3) is 0.481. The molecule has 3 unspecified atom stereocenters. The van der Waals surface area contributed by atoms with Gasteiger partial charge in [-0.2, -0.15) is 0 Å². The van der Waals surface area contributed by atoms with Crippen molar-refractivity contribution in [1.82, 2.24) is 15.1 Å². The minimum absolute atomic E-state index is 0.208. The average molecular weight is 486 g/mol. The highest BCUT2D eigenvalue weighted by Gasteiger charge is 2.50. The van der Waals surface area contributed by atoms with E-state index in [0.717, 1.165) is 23.2 Å². The van der Waals surface area contributed by atoms with Crippen LogP contribution >= 0.6 is 11.6 Å². The molecule has 0 saturated carbocycles. The molecule has 0 radical (unpaired) electrons. The molecule has 7 heteroatoms. The van der Waals surface area contributed by atoms with Crippen LogP contribution in [0.25, 0.3) is 0 Å². The molecule has 2 aromatic rings. The van der Waals surface area contributed by atoms with Gasteiger partial charge in [0.2, 0.25) is 0 Å². The normalized spacial score (nSPS) is 21.5. The first-order valence-corrected chi connectivity index (χ1v) is 12.3. The van der Waals surface area contributed by atoms with E-state index in [1.54, 1.807) is 0 Å². The van der Waals surface area contributed by atoms with E-state index in [-0.39, 0.29) is 24.1 Å². The largest absolute Gasteiger partial charge is 0.465 e. The highest BCUT2D eigenvalue weighted by molar-refractivity contribution is 6.31. The van der Waals surface area contributed by atoms with E-state index in [1.807, 2.05) is 88.2 Å². The molecule has 0 aliphatic carbocycles. The van der Waals surface area contributed by atoms with Crippen molar-refractivity contribution in [1.29, 1.82) is 0 Å². The maximum atomic E-state index is 13.8. The number of halogens is 1. The number of carbonyl (C=O) groups is 2. The molecular weight excluding hydrogens is 450 g/mol. The molecule has 3 atom stereocenters. The predicted octanol–water partition coefficient (Wildman–Crippen LogP) is 5.19. The molecule has 1 N–H and O–H groups in total. The minimum Gasteiger partial charge on any atom is -0.465 e. The number of hydrogen-bond donors (Lipinski definition) is 1. The van der Waals surface area contributed by atoms with Gasteiger partial charge in [0.15, 0.2) is 0 Å². The van der Waals surface area contributed by atoms with E-state index in [2.05, 4.69) is 10.2 Å². The summed E-state index contributed by atoms with van der Waals surface area (Å²) in [6.45, 7) is 9.66. The number of ether oxygens (including phenoxy) is 1. The SMILES string of the molecule is CCOC(=O)C1(C)CN(C)CCC1N(Cc1ccccc1)C(=O)NC(C)c1cccc(Cl)c1C. The maximum Gasteiger partial charge on any atom is 0.318 e. The summed E-state index contributed by atoms with van der Waals surface area (Å²) in [4.78, 5) is 30.9. The van der Waals surface area contributed by atoms with Crippen molar-refractivity contribution in [2.24, 2.45) is 5.41 Å². The Morgan fingerprint density at radius 3 is 2.62 bits per heavy atom. The van der Waals surface area contributed by atoms with Gasteiger partial charge in [-0.3, -0.25) is 4.79 Å². The number of nitrogens with zero attached hydrogens (tertiary/aromatic N) is 2. The quantitative estimate of drug-likeness (QED) is 0.548. The molecule has 34 heavy (non-hydrogen) atoms. The Bertz CT molecular complexity index is 1000. The number of carbonyl (C=O) groups excluding carboxylic acids is 2. The molecule has 0 bridgehead atoms. The van der Waals surface area contributed by atoms with E-state index in [4.69, 9.17) is 16.3 Å². The van der Waals surface area contributed by atoms with Crippen molar-refractivity contribution < 1.29 is 14.3 Å². The second-order valence-electron chi connectivity index (χ2n) is 9.42. The van der Waals surface area contributed by atoms with Gasteiger partial charge in [0, 0.05) is 18.1 Å². The van der Waals surface area contributed by atoms with Crippen LogP contribution < -0.4 is 5.32 Å². The molecule has 0 spiro atoms. The highest BCUT2D eigenvalue weighted by atomic mass is 35.5. The Labute approximate surface area is 208 Å². The summed E-state index contributed by atoms with van der Waals surface area (Å²) < 4.78 is 5.48. The van der Waals surface area contributed by atoms with Crippen LogP contribution in [0.2, 0.25) is 5.02 Å². The fourth-order valence-corrected chi connectivity index (χ4v) is 5.13. The monoisotopic (exact) mass is 485 g/mol. The van der Waals surface area contributed by atoms with Crippen LogP contribution in [0, 0.1) is 12.3 Å². The Morgan fingerprint density at radius 1 is 1.24 bits per heavy atom. The van der Waals surface area contributed by atoms with Crippen LogP contribution in [0.5, 0.6) is 0 Å². The van der Waals surface area contributed by atoms with Gasteiger partial charge in [-0.05, 0) is 70.5 Å². The molecule has 184 valence electrons. The number of piperidine rings is 1. The predicted molar refractivity (Wildman–Crippen MR) is 136 cm³/mol. The third-order valence-corrected chi connectivity index (χ3v) is 7.22. The topological polar surface area (TPSA) is 61.9 Å². The molecule has 6 nitrogen and oxygen atoms in total. The van der Waals surface area contributed by atoms with Gasteiger partial charge in [-0.25, -0.2) is 4.79 Å². The van der Waals surface area contributed by atoms with E-state index in [0.29, 0.717) is 31.1 Å². The number of esters is 1. The van der Waals surface area contributed by atoms with Crippen LogP contribution in [-0.2, 0) is 16.1 Å². The number of rotatable bonds is 7. The molecule has 2 amide bonds. The Kier molecular flexibility index (Phi) is 8.61. The Hall–Kier alpha value is -2.57. The molecule has 0 aromatic heterocycles. The summed E-state index contributed by atoms with van der Waals surface area (Å²) in [6, 6.07) is 14.8. The van der Waals surface area contributed by atoms with Gasteiger partial charge in [0.1, 0.15) is 0 Å². The molecule has 1 saturated heterocycles. The summed E-state index contributed by atoms with van der Waals surface area (Å²) in [6.07, 6.45) is 0.677. The van der Waals surface area contributed by atoms with Crippen molar-refractivity contribution in [2.75, 3.05) is 26.7 Å². The molecule has 1 aliphatic rings. The molecule has 1 heterocycles. The summed E-state index contributed by atoms with van der Waals surface area (Å²) in [7, 11) is 2.00. The Balaban J connectivity index is 1.94. The van der Waals surface area contributed by atoms with Crippen LogP contribution in [0.4, 0.5) is 4.79 Å². The lowest BCUT2D eigenvalue weighted by atomic mass is 9.76. The molecule has 2 aromatic carbocycles. The zero-order valence-corrected chi connectivity index (χ0v) is 21.6. The number of likely N-dealkylation sites (tertiary alicyclic amines) is 1. The average Bonchev–Trinajstić information content (AvgIpc) is 2.80. The van der Waals surface area contributed by atoms with E-state index in [1.165, 1.54) is 0 Å². The standard InChI is InChI=1S/C27H36ClN3O3/c1-6-34-25(32)27(4)18-30(5)16-15-24(27)31(17-21-11-8-7-9-12-21)26(33)29-20(3)22-13-10-14-23(28)19(22)2/h7-14,20,24H,6,15-18H2,1-5H3,(H,29,33). The van der Waals surface area contributed by atoms with Gasteiger partial charge < -0.3 is 19.9 Å². The van der Waals surface area contributed by atoms with Crippen molar-refractivity contribution in [3.8, 4) is 0 Å². The first-order valence-electron chi connectivity index (χ1n) is 11.9. The van der Waals surface area contributed by atoms with E-state index in [9.17, 15) is 9.59 Å². The van der Waals surface area contributed by atoms with E-state index >= 15 is 0 Å². The summed E-state index contributed by atoms with van der Waals surface area (Å²) in [5.74, 6) is -0.267. The van der Waals surface area contributed by atoms with Crippen molar-refractivity contribution in [3.05, 3.63) is 70.2 Å². The Morgan fingerprint density at radius 2 is 1.94 bits per heavy atom.